The third-order valence-electron chi connectivity index (χ3n) is 21.1. The number of benzene rings is 3. The van der Waals surface area contributed by atoms with Crippen LogP contribution in [0, 0.1) is 0 Å². The standard InChI is InChI=1S/C29H31N7O2.C27H30N8O2.C26H27N7O2/c1-34-18-20-16-21(10-11-23(20)29(19-34)12-13-29)31-28-30-17-22-26(33-28)36-24-8-7-9-25(32-24)38-15-6-4-2-3-5-14-35(36)27(22)37;1-32-14-16-33(17-15-32)21-11-9-20(10-12-21)29-27-28-19-22-25(31-27)35-23-7-6-8-24(30-23)37-18-5-3-2-4-13-34(35)26(22)36;1-31-13-11-18-15-20(10-9-19(18)17-31)28-26-27-16-21-24(30-26)33-22-7-6-8-23(29-22)35-14-5-3-2-4-12-32(33)25(21)34/h3,5,7-11,16-17H,2,4,6,12-15,18-19H2,1H3,(H,30,31,33);2,4,6-12,19H,3,5,13-18H2,1H3,(H,28,29,31);2,4,6-10,15-16H,3,5,11-14,17H2,1H3,(H,27,28,30)/b5-3+;;. The molecule has 1 saturated heterocycles. The van der Waals surface area contributed by atoms with E-state index in [1.807, 2.05) is 85.0 Å². The van der Waals surface area contributed by atoms with Gasteiger partial charge in [0.15, 0.2) is 34.4 Å². The molecule has 3 aromatic carbocycles. The average molecular weight is 1480 g/mol. The second kappa shape index (κ2) is 31.2. The first kappa shape index (κ1) is 70.8. The lowest BCUT2D eigenvalue weighted by Gasteiger charge is -2.34. The Hall–Kier alpha value is -12.1. The van der Waals surface area contributed by atoms with Crippen LogP contribution in [-0.2, 0) is 44.6 Å². The van der Waals surface area contributed by atoms with E-state index in [9.17, 15) is 14.4 Å². The number of hydrogen-bond acceptors (Lipinski definition) is 22. The second-order valence-electron chi connectivity index (χ2n) is 29.1. The Balaban J connectivity index is 0.000000120. The number of hydrogen-bond donors (Lipinski definition) is 3. The first-order chi connectivity index (χ1) is 53.9. The van der Waals surface area contributed by atoms with Crippen LogP contribution in [-0.4, -0.2) is 168 Å². The molecule has 562 valence electrons. The number of ether oxygens (including phenoxy) is 3. The van der Waals surface area contributed by atoms with Crippen molar-refractivity contribution in [3.05, 3.63) is 224 Å². The number of anilines is 7. The summed E-state index contributed by atoms with van der Waals surface area (Å²) < 4.78 is 27.7. The van der Waals surface area contributed by atoms with E-state index in [2.05, 4.69) is 148 Å². The summed E-state index contributed by atoms with van der Waals surface area (Å²) in [6.07, 6.45) is 27.1. The molecule has 9 aromatic heterocycles. The van der Waals surface area contributed by atoms with Crippen LogP contribution < -0.4 is 51.7 Å². The summed E-state index contributed by atoms with van der Waals surface area (Å²) in [6, 6.07) is 38.0. The summed E-state index contributed by atoms with van der Waals surface area (Å²) in [7, 11) is 6.49. The molecule has 0 unspecified atom stereocenters. The lowest BCUT2D eigenvalue weighted by Crippen LogP contribution is -2.44. The Morgan fingerprint density at radius 1 is 0.409 bits per heavy atom. The van der Waals surface area contributed by atoms with Gasteiger partial charge in [0.2, 0.25) is 35.5 Å². The highest BCUT2D eigenvalue weighted by Gasteiger charge is 2.48. The first-order valence-electron chi connectivity index (χ1n) is 38.1. The molecule has 19 rings (SSSR count). The predicted molar refractivity (Wildman–Crippen MR) is 425 cm³/mol. The third kappa shape index (κ3) is 15.1. The van der Waals surface area contributed by atoms with Gasteiger partial charge in [0.25, 0.3) is 16.7 Å². The summed E-state index contributed by atoms with van der Waals surface area (Å²) in [4.78, 5) is 91.2. The maximum absolute atomic E-state index is 13.4. The molecular weight excluding hydrogens is 1390 g/mol. The lowest BCUT2D eigenvalue weighted by molar-refractivity contribution is 0.271. The molecule has 1 spiro atoms. The zero-order valence-electron chi connectivity index (χ0n) is 62.1. The van der Waals surface area contributed by atoms with Gasteiger partial charge < -0.3 is 49.8 Å². The number of allylic oxidation sites excluding steroid dienone is 6. The van der Waals surface area contributed by atoms with Crippen LogP contribution in [0.1, 0.15) is 80.0 Å². The fourth-order valence-electron chi connectivity index (χ4n) is 15.3. The van der Waals surface area contributed by atoms with Crippen LogP contribution in [0.4, 0.5) is 40.6 Å². The summed E-state index contributed by atoms with van der Waals surface area (Å²) in [5.74, 6) is 4.60. The van der Waals surface area contributed by atoms with Crippen molar-refractivity contribution in [1.29, 1.82) is 0 Å². The smallest absolute Gasteiger partial charge is 0.278 e. The molecule has 0 amide bonds. The van der Waals surface area contributed by atoms with Crippen molar-refractivity contribution in [2.75, 3.05) is 101 Å². The Morgan fingerprint density at radius 3 is 1.35 bits per heavy atom. The molecule has 7 aliphatic rings. The molecule has 28 nitrogen and oxygen atoms in total. The number of pyridine rings is 3. The molecular formula is C82H88N22O6. The molecule has 28 heteroatoms. The van der Waals surface area contributed by atoms with E-state index in [1.54, 1.807) is 46.7 Å². The van der Waals surface area contributed by atoms with Crippen molar-refractivity contribution in [2.45, 2.75) is 102 Å². The van der Waals surface area contributed by atoms with Gasteiger partial charge in [0.05, 0.1) is 39.5 Å². The summed E-state index contributed by atoms with van der Waals surface area (Å²) in [6.45, 7) is 11.3. The fourth-order valence-corrected chi connectivity index (χ4v) is 15.3. The van der Waals surface area contributed by atoms with Gasteiger partial charge in [0, 0.05) is 117 Å². The van der Waals surface area contributed by atoms with Crippen molar-refractivity contribution in [3.8, 4) is 35.1 Å². The summed E-state index contributed by atoms with van der Waals surface area (Å²) >= 11 is 0. The minimum absolute atomic E-state index is 0.147. The molecule has 0 atom stereocenters. The van der Waals surface area contributed by atoms with Crippen LogP contribution in [0.3, 0.4) is 0 Å². The molecule has 0 radical (unpaired) electrons. The topological polar surface area (TPSA) is 274 Å². The number of rotatable bonds is 7. The number of fused-ring (bicyclic) bond motifs is 21. The molecule has 1 saturated carbocycles. The van der Waals surface area contributed by atoms with Crippen LogP contribution in [0.15, 0.2) is 185 Å². The van der Waals surface area contributed by atoms with Gasteiger partial charge in [-0.3, -0.25) is 14.4 Å². The molecule has 6 aliphatic heterocycles. The highest BCUT2D eigenvalue weighted by Crippen LogP contribution is 2.52. The van der Waals surface area contributed by atoms with Gasteiger partial charge in [-0.25, -0.2) is 43.0 Å². The van der Waals surface area contributed by atoms with E-state index in [4.69, 9.17) is 34.1 Å². The van der Waals surface area contributed by atoms with Gasteiger partial charge in [-0.05, 0) is 174 Å². The quantitative estimate of drug-likeness (QED) is 0.125. The van der Waals surface area contributed by atoms with E-state index in [-0.39, 0.29) is 16.7 Å². The minimum atomic E-state index is -0.159. The number of nitrogens with one attached hydrogen (secondary N) is 3. The Labute approximate surface area is 634 Å². The number of aromatic nitrogens is 15. The molecule has 1 aliphatic carbocycles. The second-order valence-corrected chi connectivity index (χ2v) is 29.1. The van der Waals surface area contributed by atoms with Gasteiger partial charge in [-0.1, -0.05) is 66.8 Å². The maximum atomic E-state index is 13.4. The van der Waals surface area contributed by atoms with Gasteiger partial charge in [-0.15, -0.1) is 0 Å². The van der Waals surface area contributed by atoms with Crippen molar-refractivity contribution >= 4 is 73.7 Å². The first-order valence-corrected chi connectivity index (χ1v) is 38.1. The SMILES string of the molecule is CN1CCN(c2ccc(Nc3ncc4c(=O)n5n(c4n3)-c3cccc(n3)OCCCC=CC5)cc2)CC1.CN1CCc2cc(Nc3ncc4c(=O)n5n(c4n3)-c3cccc(n3)OCCCC=CC5)ccc2C1.CN1Cc2cc(Nc3ncc4c(=O)n5n(c4n3)-c3cccc(n3)OCCCC/C=C/C5)ccc2C2(CC2)C1. The zero-order chi connectivity index (χ0) is 74.7. The van der Waals surface area contributed by atoms with E-state index >= 15 is 0 Å². The van der Waals surface area contributed by atoms with Crippen LogP contribution in [0.2, 0.25) is 0 Å². The van der Waals surface area contributed by atoms with Crippen molar-refractivity contribution in [1.82, 2.24) is 87.6 Å². The van der Waals surface area contributed by atoms with Gasteiger partial charge in [-0.2, -0.15) is 29.9 Å². The summed E-state index contributed by atoms with van der Waals surface area (Å²) in [5.41, 5.74) is 10.9. The molecule has 3 N–H and O–H groups in total. The highest BCUT2D eigenvalue weighted by atomic mass is 16.5. The van der Waals surface area contributed by atoms with E-state index in [0.717, 1.165) is 121 Å². The maximum Gasteiger partial charge on any atom is 0.278 e. The monoisotopic (exact) mass is 1480 g/mol. The van der Waals surface area contributed by atoms with Crippen LogP contribution >= 0.6 is 0 Å². The van der Waals surface area contributed by atoms with Gasteiger partial charge >= 0.3 is 0 Å². The molecule has 110 heavy (non-hydrogen) atoms. The van der Waals surface area contributed by atoms with Crippen molar-refractivity contribution in [2.24, 2.45) is 0 Å². The molecule has 2 fully saturated rings. The third-order valence-corrected chi connectivity index (χ3v) is 21.1. The number of nitrogens with zero attached hydrogens (tertiary/aromatic N) is 19. The van der Waals surface area contributed by atoms with Crippen LogP contribution in [0.5, 0.6) is 17.6 Å². The predicted octanol–water partition coefficient (Wildman–Crippen LogP) is 11.0. The lowest BCUT2D eigenvalue weighted by atomic mass is 9.87. The molecule has 6 bridgehead atoms. The Morgan fingerprint density at radius 2 is 0.855 bits per heavy atom. The number of likely N-dealkylation sites (N-methyl/N-ethyl adjacent to an activating group) is 3. The summed E-state index contributed by atoms with van der Waals surface area (Å²) in [5, 5.41) is 11.3. The fraction of sp³-hybridized carbons (Fsp3) is 0.341. The largest absolute Gasteiger partial charge is 0.478 e. The minimum Gasteiger partial charge on any atom is -0.478 e. The highest BCUT2D eigenvalue weighted by molar-refractivity contribution is 5.79. The zero-order valence-corrected chi connectivity index (χ0v) is 62.1. The number of piperazine rings is 1. The van der Waals surface area contributed by atoms with Crippen molar-refractivity contribution < 1.29 is 14.2 Å². The molecule has 15 heterocycles. The van der Waals surface area contributed by atoms with E-state index in [0.29, 0.717) is 131 Å². The normalized spacial score (nSPS) is 17.4. The average Bonchev–Trinajstić information content (AvgIpc) is 1.43. The Kier molecular flexibility index (Phi) is 20.1. The molecule has 12 aromatic rings. The van der Waals surface area contributed by atoms with E-state index in [1.165, 1.54) is 40.8 Å². The van der Waals surface area contributed by atoms with Crippen LogP contribution in [0.25, 0.3) is 50.6 Å². The Bertz CT molecular complexity index is 5680. The van der Waals surface area contributed by atoms with Gasteiger partial charge in [0.1, 0.15) is 16.2 Å². The van der Waals surface area contributed by atoms with E-state index < -0.39 is 0 Å². The van der Waals surface area contributed by atoms with Crippen molar-refractivity contribution in [3.63, 3.8) is 0 Å².